The minimum atomic E-state index is -3.47. The summed E-state index contributed by atoms with van der Waals surface area (Å²) in [6, 6.07) is 2.61. The Kier molecular flexibility index (Phi) is 33.0. The third kappa shape index (κ3) is 21.0. The van der Waals surface area contributed by atoms with Gasteiger partial charge in [0.25, 0.3) is 10.1 Å². The van der Waals surface area contributed by atoms with Gasteiger partial charge in [0.05, 0.1) is 31.1 Å². The Balaban J connectivity index is 0.000000183. The summed E-state index contributed by atoms with van der Waals surface area (Å²) in [5, 5.41) is 41.2. The highest BCUT2D eigenvalue weighted by molar-refractivity contribution is 7.86. The van der Waals surface area contributed by atoms with Gasteiger partial charge in [0.15, 0.2) is 25.0 Å². The predicted molar refractivity (Wildman–Crippen MR) is 512 cm³/mol. The van der Waals surface area contributed by atoms with Crippen molar-refractivity contribution in [2.24, 2.45) is 161 Å². The summed E-state index contributed by atoms with van der Waals surface area (Å²) in [5.41, 5.74) is 19.8. The van der Waals surface area contributed by atoms with E-state index in [-0.39, 0.29) is 72.8 Å². The van der Waals surface area contributed by atoms with Crippen LogP contribution in [-0.4, -0.2) is 113 Å². The number of hydrogen-bond donors (Lipinski definition) is 5. The van der Waals surface area contributed by atoms with Gasteiger partial charge in [-0.25, -0.2) is 0 Å². The monoisotopic (exact) mass is 1740 g/mol. The maximum Gasteiger partial charge on any atom is 0.264 e. The number of hydrogen-bond acceptors (Lipinski definition) is 12. The number of nitrogens with zero attached hydrogens (tertiary/aromatic N) is 1. The van der Waals surface area contributed by atoms with Gasteiger partial charge in [0.1, 0.15) is 0 Å². The Labute approximate surface area is 742 Å². The van der Waals surface area contributed by atoms with Crippen LogP contribution in [0.3, 0.4) is 0 Å². The lowest BCUT2D eigenvalue weighted by Crippen LogP contribution is -2.52. The molecule has 0 aliphatic heterocycles. The second-order valence-corrected chi connectivity index (χ2v) is 66.3. The SMILES string of the molecule is C=C1CC[C@H]2[C@H](CC#N)[C@@H]([C@@]3(C)CC[C@H](C)C[C@@H]3CO[Si](C)(C)C(C)(C)C)CC[C@]12C.C=C1CC[C@H]2[C@H](CCN)[C@@H]([C@@]3(C)CC[C@H](O)C[C@@H]3CO)CC[C@]12C.C=C1CC[C@H]2[C@H](CCN)[C@@H]([C@@]3(C)CC[C@H](O)C[C@@H]3CO[Si](C)(C)C(C)(C)C)CC[C@]12C.C=C1CC[C@H]2[C@H](COS(C)(=O)=O)[C@@H]([C@@]3(C)CC[C@H](C)C[C@@H]3CO[Si](C)(C)C(C)(C)C)CC[C@]12C. The largest absolute Gasteiger partial charge is 0.417 e. The fourth-order valence-corrected chi connectivity index (χ4v) is 32.3. The number of allylic oxidation sites excluding steroid dienone is 4. The average molecular weight is 1740 g/mol. The van der Waals surface area contributed by atoms with Gasteiger partial charge in [-0.1, -0.05) is 193 Å². The number of rotatable bonds is 22. The molecule has 12 aliphatic rings. The minimum absolute atomic E-state index is 0.119. The Morgan fingerprint density at radius 2 is 0.692 bits per heavy atom. The fourth-order valence-electron chi connectivity index (χ4n) is 28.7. The number of nitriles is 1. The van der Waals surface area contributed by atoms with Crippen LogP contribution < -0.4 is 11.5 Å². The van der Waals surface area contributed by atoms with Crippen molar-refractivity contribution < 1.29 is 41.2 Å². The molecule has 0 saturated heterocycles. The maximum atomic E-state index is 12.0. The van der Waals surface area contributed by atoms with E-state index in [1.165, 1.54) is 144 Å². The zero-order valence-electron chi connectivity index (χ0n) is 82.5. The second kappa shape index (κ2) is 38.6. The van der Waals surface area contributed by atoms with Gasteiger partial charge in [-0.2, -0.15) is 13.7 Å². The average Bonchev–Trinajstić information content (AvgIpc) is 1.50. The standard InChI is InChI=1S/C28H49NOSi.C28H52O4SSi.C27H51NO2Si.C21H37NO2/c1-20-12-15-28(7,22(18-20)19-30-31(8,9)26(3,4)5)25-13-16-27(6)21(2)10-11-24(27)23(25)14-17-29;1-20-13-15-28(7,22(17-20)18-32-34(9,10)26(3,4)5)25-14-16-27(6)21(2)11-12-24(27)23(25)19-31-33(8,29)30;1-19-9-10-23-22(13-16-28)24(12-15-26(19,23)5)27(6)14-11-21(29)17-20(27)18-30-31(7,8)25(2,3)4;1-14-4-5-18-17(8-11-22)19(7-10-20(14,18)2)21(3)9-6-16(24)12-15(21)13-23/h20,22-25H,2,10-16,18-19H2,1,3-9H3;20,22-25H,2,11-19H2,1,3-10H3;20-24,29H,1,9-18,28H2,2-8H3;15-19,23-24H,1,4-13,22H2,2-3H3/t2*20-,22+,23-,24-,25-,27+,28-;20-,21+,22+,23+,24+,26-,27+;15-,16+,17+,18+,19+,20-,21+/m0011/s1. The lowest BCUT2D eigenvalue weighted by molar-refractivity contribution is -0.0951. The molecule has 692 valence electrons. The molecule has 0 unspecified atom stereocenters. The van der Waals surface area contributed by atoms with E-state index in [1.54, 1.807) is 0 Å². The van der Waals surface area contributed by atoms with E-state index in [4.69, 9.17) is 28.9 Å². The zero-order valence-corrected chi connectivity index (χ0v) is 86.4. The zero-order chi connectivity index (χ0) is 89.8. The molecule has 12 nitrogen and oxygen atoms in total. The normalized spacial score (nSPS) is 42.7. The molecule has 12 fully saturated rings. The number of aliphatic hydroxyl groups excluding tert-OH is 3. The first kappa shape index (κ1) is 102. The van der Waals surface area contributed by atoms with E-state index >= 15 is 0 Å². The van der Waals surface area contributed by atoms with Crippen LogP contribution >= 0.6 is 0 Å². The molecular weight excluding hydrogens is 1550 g/mol. The van der Waals surface area contributed by atoms with Crippen LogP contribution in [0.25, 0.3) is 0 Å². The number of aliphatic hydroxyl groups is 3. The first-order chi connectivity index (χ1) is 55.3. The Morgan fingerprint density at radius 1 is 0.417 bits per heavy atom. The highest BCUT2D eigenvalue weighted by Gasteiger charge is 2.63. The van der Waals surface area contributed by atoms with Crippen LogP contribution in [0.5, 0.6) is 0 Å². The highest BCUT2D eigenvalue weighted by atomic mass is 32.2. The molecular formula is C104H189N3O9SSi3. The summed E-state index contributed by atoms with van der Waals surface area (Å²) in [7, 11) is -8.88. The van der Waals surface area contributed by atoms with Crippen LogP contribution in [-0.2, 0) is 27.6 Å². The van der Waals surface area contributed by atoms with Crippen LogP contribution in [0, 0.1) is 161 Å². The van der Waals surface area contributed by atoms with Crippen molar-refractivity contribution in [3.8, 4) is 6.07 Å². The predicted octanol–water partition coefficient (Wildman–Crippen LogP) is 25.8. The van der Waals surface area contributed by atoms with E-state index < -0.39 is 35.1 Å². The minimum Gasteiger partial charge on any atom is -0.417 e. The van der Waals surface area contributed by atoms with Gasteiger partial charge in [-0.05, 0) is 397 Å². The van der Waals surface area contributed by atoms with Gasteiger partial charge < -0.3 is 40.1 Å². The van der Waals surface area contributed by atoms with Crippen LogP contribution in [0.2, 0.25) is 54.4 Å². The molecule has 28 atom stereocenters. The van der Waals surface area contributed by atoms with Gasteiger partial charge in [-0.15, -0.1) is 0 Å². The van der Waals surface area contributed by atoms with Crippen molar-refractivity contribution in [3.05, 3.63) is 48.6 Å². The van der Waals surface area contributed by atoms with Crippen molar-refractivity contribution >= 4 is 35.1 Å². The molecule has 0 bridgehead atoms. The fraction of sp³-hybridized carbons (Fsp3) is 0.913. The van der Waals surface area contributed by atoms with Crippen LogP contribution in [0.4, 0.5) is 0 Å². The first-order valence-corrected chi connectivity index (χ1v) is 60.1. The van der Waals surface area contributed by atoms with Crippen LogP contribution in [0.15, 0.2) is 48.6 Å². The van der Waals surface area contributed by atoms with E-state index in [2.05, 4.69) is 203 Å². The molecule has 0 radical (unpaired) electrons. The molecule has 12 rings (SSSR count). The van der Waals surface area contributed by atoms with Crippen molar-refractivity contribution in [1.29, 1.82) is 5.26 Å². The van der Waals surface area contributed by atoms with E-state index in [0.717, 1.165) is 128 Å². The van der Waals surface area contributed by atoms with Gasteiger partial charge in [-0.3, -0.25) is 4.18 Å². The first-order valence-electron chi connectivity index (χ1n) is 49.5. The third-order valence-corrected chi connectivity index (χ3v) is 55.0. The van der Waals surface area contributed by atoms with E-state index in [0.29, 0.717) is 106 Å². The molecule has 0 heterocycles. The molecule has 0 aromatic rings. The van der Waals surface area contributed by atoms with E-state index in [9.17, 15) is 29.0 Å². The maximum absolute atomic E-state index is 12.0. The van der Waals surface area contributed by atoms with Crippen molar-refractivity contribution in [3.63, 3.8) is 0 Å². The lowest BCUT2D eigenvalue weighted by atomic mass is 9.48. The molecule has 0 spiro atoms. The smallest absolute Gasteiger partial charge is 0.264 e. The molecule has 0 aromatic carbocycles. The van der Waals surface area contributed by atoms with Gasteiger partial charge in [0.2, 0.25) is 0 Å². The Morgan fingerprint density at radius 3 is 0.992 bits per heavy atom. The molecule has 120 heavy (non-hydrogen) atoms. The summed E-state index contributed by atoms with van der Waals surface area (Å²) in [6.07, 6.45) is 36.3. The number of fused-ring (bicyclic) bond motifs is 4. The Hall–Kier alpha value is -1.31. The summed E-state index contributed by atoms with van der Waals surface area (Å²) >= 11 is 0. The lowest BCUT2D eigenvalue weighted by Gasteiger charge is -2.57. The number of nitrogens with two attached hydrogens (primary N) is 2. The van der Waals surface area contributed by atoms with Gasteiger partial charge in [0, 0.05) is 32.8 Å². The Bertz CT molecular complexity index is 3630. The van der Waals surface area contributed by atoms with Crippen molar-refractivity contribution in [2.75, 3.05) is 52.4 Å². The summed E-state index contributed by atoms with van der Waals surface area (Å²) in [4.78, 5) is 0. The molecule has 0 aromatic heterocycles. The molecule has 7 N–H and O–H groups in total. The van der Waals surface area contributed by atoms with E-state index in [1.807, 2.05) is 0 Å². The van der Waals surface area contributed by atoms with Crippen molar-refractivity contribution in [1.82, 2.24) is 0 Å². The highest BCUT2D eigenvalue weighted by Crippen LogP contribution is 2.70. The van der Waals surface area contributed by atoms with Crippen molar-refractivity contribution in [2.45, 2.75) is 397 Å². The second-order valence-electron chi connectivity index (χ2n) is 50.2. The third-order valence-electron chi connectivity index (χ3n) is 40.9. The quantitative estimate of drug-likeness (QED) is 0.0390. The van der Waals surface area contributed by atoms with Crippen LogP contribution in [0.1, 0.15) is 331 Å². The molecule has 0 amide bonds. The topological polar surface area (TPSA) is 208 Å². The molecule has 16 heteroatoms. The summed E-state index contributed by atoms with van der Waals surface area (Å²) in [6.45, 7) is 82.2. The van der Waals surface area contributed by atoms with Gasteiger partial charge >= 0.3 is 0 Å². The summed E-state index contributed by atoms with van der Waals surface area (Å²) < 4.78 is 50.1. The molecule has 12 saturated carbocycles. The summed E-state index contributed by atoms with van der Waals surface area (Å²) in [5.74, 6) is 10.3. The molecule has 12 aliphatic carbocycles.